The van der Waals surface area contributed by atoms with Crippen LogP contribution in [0.15, 0.2) is 0 Å². The van der Waals surface area contributed by atoms with E-state index in [9.17, 15) is 0 Å². The van der Waals surface area contributed by atoms with Gasteiger partial charge in [0.15, 0.2) is 0 Å². The van der Waals surface area contributed by atoms with Crippen molar-refractivity contribution < 1.29 is 9.84 Å². The SMILES string of the molecule is CCCOCCCCCCCCO. The first-order chi connectivity index (χ1) is 6.41. The average Bonchev–Trinajstić information content (AvgIpc) is 2.16. The van der Waals surface area contributed by atoms with E-state index in [0.717, 1.165) is 26.1 Å². The lowest BCUT2D eigenvalue weighted by molar-refractivity contribution is 0.130. The summed E-state index contributed by atoms with van der Waals surface area (Å²) in [4.78, 5) is 0. The molecule has 13 heavy (non-hydrogen) atoms. The van der Waals surface area contributed by atoms with E-state index >= 15 is 0 Å². The van der Waals surface area contributed by atoms with E-state index in [0.29, 0.717) is 6.61 Å². The number of aliphatic hydroxyl groups excluding tert-OH is 1. The zero-order chi connectivity index (χ0) is 9.78. The summed E-state index contributed by atoms with van der Waals surface area (Å²) in [6, 6.07) is 0. The van der Waals surface area contributed by atoms with Crippen LogP contribution in [0.1, 0.15) is 51.9 Å². The third-order valence-electron chi connectivity index (χ3n) is 2.05. The van der Waals surface area contributed by atoms with Gasteiger partial charge in [0.25, 0.3) is 0 Å². The van der Waals surface area contributed by atoms with Crippen LogP contribution in [0, 0.1) is 0 Å². The van der Waals surface area contributed by atoms with Gasteiger partial charge in [-0.25, -0.2) is 0 Å². The van der Waals surface area contributed by atoms with Crippen molar-refractivity contribution in [1.82, 2.24) is 0 Å². The first-order valence-electron chi connectivity index (χ1n) is 5.60. The molecule has 0 aliphatic rings. The summed E-state index contributed by atoms with van der Waals surface area (Å²) in [6.45, 7) is 4.31. The Morgan fingerprint density at radius 2 is 1.46 bits per heavy atom. The highest BCUT2D eigenvalue weighted by Crippen LogP contribution is 2.04. The van der Waals surface area contributed by atoms with Crippen LogP contribution in [0.4, 0.5) is 0 Å². The van der Waals surface area contributed by atoms with E-state index in [2.05, 4.69) is 6.92 Å². The first kappa shape index (κ1) is 12.9. The van der Waals surface area contributed by atoms with Gasteiger partial charge in [-0.15, -0.1) is 0 Å². The second kappa shape index (κ2) is 11.9. The highest BCUT2D eigenvalue weighted by atomic mass is 16.5. The molecule has 0 spiro atoms. The Morgan fingerprint density at radius 1 is 0.846 bits per heavy atom. The molecule has 0 saturated carbocycles. The van der Waals surface area contributed by atoms with Gasteiger partial charge < -0.3 is 9.84 Å². The standard InChI is InChI=1S/C11H24O2/c1-2-10-13-11-8-6-4-3-5-7-9-12/h12H,2-11H2,1H3. The Hall–Kier alpha value is -0.0800. The molecule has 0 atom stereocenters. The van der Waals surface area contributed by atoms with Gasteiger partial charge in [-0.1, -0.05) is 32.6 Å². The van der Waals surface area contributed by atoms with Gasteiger partial charge in [-0.2, -0.15) is 0 Å². The maximum Gasteiger partial charge on any atom is 0.0466 e. The Labute approximate surface area is 82.3 Å². The topological polar surface area (TPSA) is 29.5 Å². The summed E-state index contributed by atoms with van der Waals surface area (Å²) in [6.07, 6.45) is 8.27. The third-order valence-corrected chi connectivity index (χ3v) is 2.05. The van der Waals surface area contributed by atoms with Crippen LogP contribution in [0.3, 0.4) is 0 Å². The minimum absolute atomic E-state index is 0.347. The van der Waals surface area contributed by atoms with Crippen LogP contribution in [-0.4, -0.2) is 24.9 Å². The quantitative estimate of drug-likeness (QED) is 0.534. The normalized spacial score (nSPS) is 10.6. The molecule has 1 N–H and O–H groups in total. The number of ether oxygens (including phenoxy) is 1. The highest BCUT2D eigenvalue weighted by molar-refractivity contribution is 4.44. The minimum Gasteiger partial charge on any atom is -0.396 e. The third kappa shape index (κ3) is 11.9. The number of aliphatic hydroxyl groups is 1. The Morgan fingerprint density at radius 3 is 2.08 bits per heavy atom. The molecule has 0 aromatic rings. The predicted molar refractivity (Wildman–Crippen MR) is 55.9 cm³/mol. The second-order valence-electron chi connectivity index (χ2n) is 3.46. The largest absolute Gasteiger partial charge is 0.396 e. The molecule has 80 valence electrons. The zero-order valence-corrected chi connectivity index (χ0v) is 8.93. The van der Waals surface area contributed by atoms with E-state index in [1.807, 2.05) is 0 Å². The maximum atomic E-state index is 8.55. The summed E-state index contributed by atoms with van der Waals surface area (Å²) in [5, 5.41) is 8.55. The fourth-order valence-electron chi connectivity index (χ4n) is 1.27. The molecule has 0 aliphatic carbocycles. The summed E-state index contributed by atoms with van der Waals surface area (Å²) >= 11 is 0. The average molecular weight is 188 g/mol. The van der Waals surface area contributed by atoms with Crippen molar-refractivity contribution in [3.05, 3.63) is 0 Å². The van der Waals surface area contributed by atoms with Gasteiger partial charge in [-0.3, -0.25) is 0 Å². The molecule has 2 nitrogen and oxygen atoms in total. The molecule has 0 heterocycles. The molecule has 0 amide bonds. The van der Waals surface area contributed by atoms with Gasteiger partial charge in [0.2, 0.25) is 0 Å². The Balaban J connectivity index is 2.76. The van der Waals surface area contributed by atoms with E-state index < -0.39 is 0 Å². The molecule has 0 fully saturated rings. The van der Waals surface area contributed by atoms with Crippen LogP contribution in [-0.2, 0) is 4.74 Å². The maximum absolute atomic E-state index is 8.55. The van der Waals surface area contributed by atoms with E-state index in [1.165, 1.54) is 32.1 Å². The van der Waals surface area contributed by atoms with Crippen LogP contribution >= 0.6 is 0 Å². The van der Waals surface area contributed by atoms with Gasteiger partial charge in [0.1, 0.15) is 0 Å². The van der Waals surface area contributed by atoms with E-state index in [-0.39, 0.29) is 0 Å². The zero-order valence-electron chi connectivity index (χ0n) is 8.93. The van der Waals surface area contributed by atoms with Crippen LogP contribution < -0.4 is 0 Å². The molecular formula is C11H24O2. The highest BCUT2D eigenvalue weighted by Gasteiger charge is 1.90. The van der Waals surface area contributed by atoms with E-state index in [1.54, 1.807) is 0 Å². The number of unbranched alkanes of at least 4 members (excludes halogenated alkanes) is 5. The van der Waals surface area contributed by atoms with Gasteiger partial charge in [-0.05, 0) is 19.3 Å². The second-order valence-corrected chi connectivity index (χ2v) is 3.46. The Bertz CT molecular complexity index is 74.2. The van der Waals surface area contributed by atoms with Crippen LogP contribution in [0.5, 0.6) is 0 Å². The van der Waals surface area contributed by atoms with Crippen molar-refractivity contribution >= 4 is 0 Å². The van der Waals surface area contributed by atoms with Crippen molar-refractivity contribution in [2.45, 2.75) is 51.9 Å². The molecular weight excluding hydrogens is 164 g/mol. The summed E-state index contributed by atoms with van der Waals surface area (Å²) in [5.41, 5.74) is 0. The molecule has 0 saturated heterocycles. The number of rotatable bonds is 10. The van der Waals surface area contributed by atoms with Gasteiger partial charge in [0.05, 0.1) is 0 Å². The van der Waals surface area contributed by atoms with Crippen molar-refractivity contribution in [1.29, 1.82) is 0 Å². The summed E-state index contributed by atoms with van der Waals surface area (Å²) in [7, 11) is 0. The summed E-state index contributed by atoms with van der Waals surface area (Å²) in [5.74, 6) is 0. The molecule has 0 aliphatic heterocycles. The van der Waals surface area contributed by atoms with Crippen LogP contribution in [0.2, 0.25) is 0 Å². The van der Waals surface area contributed by atoms with Crippen molar-refractivity contribution in [3.8, 4) is 0 Å². The molecule has 0 bridgehead atoms. The lowest BCUT2D eigenvalue weighted by atomic mass is 10.1. The lowest BCUT2D eigenvalue weighted by Gasteiger charge is -2.02. The molecule has 0 radical (unpaired) electrons. The molecule has 0 aromatic heterocycles. The van der Waals surface area contributed by atoms with Crippen molar-refractivity contribution in [2.75, 3.05) is 19.8 Å². The first-order valence-corrected chi connectivity index (χ1v) is 5.60. The lowest BCUT2D eigenvalue weighted by Crippen LogP contribution is -1.95. The van der Waals surface area contributed by atoms with Crippen LogP contribution in [0.25, 0.3) is 0 Å². The number of hydrogen-bond acceptors (Lipinski definition) is 2. The van der Waals surface area contributed by atoms with Gasteiger partial charge in [0, 0.05) is 19.8 Å². The fraction of sp³-hybridized carbons (Fsp3) is 1.00. The molecule has 0 aromatic carbocycles. The van der Waals surface area contributed by atoms with Crippen molar-refractivity contribution in [2.24, 2.45) is 0 Å². The van der Waals surface area contributed by atoms with Crippen molar-refractivity contribution in [3.63, 3.8) is 0 Å². The summed E-state index contributed by atoms with van der Waals surface area (Å²) < 4.78 is 5.37. The van der Waals surface area contributed by atoms with Gasteiger partial charge >= 0.3 is 0 Å². The molecule has 2 heteroatoms. The molecule has 0 unspecified atom stereocenters. The predicted octanol–water partition coefficient (Wildman–Crippen LogP) is 2.75. The molecule has 0 rings (SSSR count). The number of hydrogen-bond donors (Lipinski definition) is 1. The smallest absolute Gasteiger partial charge is 0.0466 e. The fourth-order valence-corrected chi connectivity index (χ4v) is 1.27. The van der Waals surface area contributed by atoms with E-state index in [4.69, 9.17) is 9.84 Å². The Kier molecular flexibility index (Phi) is 11.8. The monoisotopic (exact) mass is 188 g/mol. The minimum atomic E-state index is 0.347.